The number of aliphatic hydroxyl groups is 1. The van der Waals surface area contributed by atoms with Crippen LogP contribution in [0.2, 0.25) is 6.04 Å². The molecule has 0 aromatic carbocycles. The van der Waals surface area contributed by atoms with Gasteiger partial charge in [0.25, 0.3) is 0 Å². The zero-order valence-corrected chi connectivity index (χ0v) is 7.88. The van der Waals surface area contributed by atoms with Crippen molar-refractivity contribution in [2.45, 2.75) is 18.6 Å². The zero-order chi connectivity index (χ0) is 11.0. The highest BCUT2D eigenvalue weighted by Crippen LogP contribution is 1.92. The lowest BCUT2D eigenvalue weighted by atomic mass is 10.4. The fourth-order valence-electron chi connectivity index (χ4n) is 0.584. The van der Waals surface area contributed by atoms with Gasteiger partial charge < -0.3 is 14.6 Å². The summed E-state index contributed by atoms with van der Waals surface area (Å²) in [7, 11) is -1.66. The van der Waals surface area contributed by atoms with Crippen LogP contribution in [0.5, 0.6) is 0 Å². The van der Waals surface area contributed by atoms with Crippen LogP contribution >= 0.6 is 0 Å². The van der Waals surface area contributed by atoms with Crippen molar-refractivity contribution in [3.8, 4) is 0 Å². The molecule has 0 aliphatic carbocycles. The first kappa shape index (κ1) is 6.60. The highest BCUT2D eigenvalue weighted by molar-refractivity contribution is 6.08. The van der Waals surface area contributed by atoms with E-state index in [4.69, 9.17) is 18.3 Å². The number of rotatable bonds is 8. The molecular weight excluding hydrogens is 160 g/mol. The Labute approximate surface area is 74.8 Å². The van der Waals surface area contributed by atoms with Crippen LogP contribution in [-0.4, -0.2) is 51.9 Å². The molecule has 4 heteroatoms. The van der Waals surface area contributed by atoms with Crippen LogP contribution < -0.4 is 0 Å². The minimum absolute atomic E-state index is 0.0788. The Morgan fingerprint density at radius 2 is 2.55 bits per heavy atom. The third-order valence-electron chi connectivity index (χ3n) is 1.31. The lowest BCUT2D eigenvalue weighted by Gasteiger charge is -2.11. The predicted molar refractivity (Wildman–Crippen MR) is 48.1 cm³/mol. The van der Waals surface area contributed by atoms with Crippen molar-refractivity contribution in [3.05, 3.63) is 0 Å². The van der Waals surface area contributed by atoms with Gasteiger partial charge in [-0.05, 0) is 6.42 Å². The first-order valence-corrected chi connectivity index (χ1v) is 4.41. The molecule has 0 fully saturated rings. The number of hydrogen-bond acceptors (Lipinski definition) is 3. The molecule has 0 aliphatic rings. The van der Waals surface area contributed by atoms with Crippen molar-refractivity contribution in [2.24, 2.45) is 0 Å². The summed E-state index contributed by atoms with van der Waals surface area (Å²) in [5.41, 5.74) is 0. The van der Waals surface area contributed by atoms with E-state index in [9.17, 15) is 0 Å². The van der Waals surface area contributed by atoms with Crippen molar-refractivity contribution < 1.29 is 14.6 Å². The van der Waals surface area contributed by atoms with Crippen LogP contribution in [0, 0.1) is 0 Å². The Morgan fingerprint density at radius 3 is 3.09 bits per heavy atom. The maximum Gasteiger partial charge on any atom is 0.103 e. The van der Waals surface area contributed by atoms with Crippen LogP contribution in [0.15, 0.2) is 0 Å². The average Bonchev–Trinajstić information content (AvgIpc) is 2.09. The summed E-state index contributed by atoms with van der Waals surface area (Å²) in [6.07, 6.45) is 0.255. The quantitative estimate of drug-likeness (QED) is 0.396. The Kier molecular flexibility index (Phi) is 4.91. The van der Waals surface area contributed by atoms with Crippen molar-refractivity contribution in [3.63, 3.8) is 0 Å². The lowest BCUT2D eigenvalue weighted by molar-refractivity contribution is -0.0195. The molecule has 0 rings (SSSR count). The topological polar surface area (TPSA) is 38.7 Å². The summed E-state index contributed by atoms with van der Waals surface area (Å²) in [6.45, 7) is 0.658. The summed E-state index contributed by atoms with van der Waals surface area (Å²) < 4.78 is 31.3. The predicted octanol–water partition coefficient (Wildman–Crippen LogP) is -0.816. The molecule has 0 saturated carbocycles. The van der Waals surface area contributed by atoms with Crippen molar-refractivity contribution in [1.82, 2.24) is 0 Å². The molecule has 0 radical (unpaired) electrons. The number of methoxy groups -OCH3 is 1. The van der Waals surface area contributed by atoms with Gasteiger partial charge in [0.2, 0.25) is 0 Å². The number of aliphatic hydroxyl groups excluding tert-OH is 1. The van der Waals surface area contributed by atoms with Gasteiger partial charge >= 0.3 is 0 Å². The Morgan fingerprint density at radius 1 is 1.73 bits per heavy atom. The van der Waals surface area contributed by atoms with Crippen LogP contribution in [0.25, 0.3) is 0 Å². The second kappa shape index (κ2) is 8.20. The lowest BCUT2D eigenvalue weighted by Crippen LogP contribution is -2.22. The molecule has 1 atom stereocenters. The molecule has 11 heavy (non-hydrogen) atoms. The van der Waals surface area contributed by atoms with Gasteiger partial charge in [-0.1, -0.05) is 6.04 Å². The van der Waals surface area contributed by atoms with Gasteiger partial charge in [-0.25, -0.2) is 0 Å². The largest absolute Gasteiger partial charge is 0.394 e. The molecule has 0 amide bonds. The molecule has 0 aliphatic heterocycles. The second-order valence-electron chi connectivity index (χ2n) is 2.22. The van der Waals surface area contributed by atoms with E-state index in [1.807, 2.05) is 0 Å². The van der Waals surface area contributed by atoms with Gasteiger partial charge in [0.1, 0.15) is 6.10 Å². The fourth-order valence-corrected chi connectivity index (χ4v) is 0.729. The van der Waals surface area contributed by atoms with Gasteiger partial charge in [0.15, 0.2) is 0 Å². The molecule has 0 bridgehead atoms. The third-order valence-corrected chi connectivity index (χ3v) is 1.66. The van der Waals surface area contributed by atoms with E-state index in [2.05, 4.69) is 0 Å². The van der Waals surface area contributed by atoms with Gasteiger partial charge in [-0.3, -0.25) is 0 Å². The van der Waals surface area contributed by atoms with Gasteiger partial charge in [-0.15, -0.1) is 0 Å². The molecular formula is C7H18O3Si. The molecule has 68 valence electrons. The van der Waals surface area contributed by atoms with Gasteiger partial charge in [0.05, 0.1) is 13.2 Å². The zero-order valence-electron chi connectivity index (χ0n) is 9.88. The van der Waals surface area contributed by atoms with Crippen molar-refractivity contribution in [1.29, 1.82) is 3.70 Å². The SMILES string of the molecule is [3H][Si]([3H])([3H])CCCOCC(CO)OC. The van der Waals surface area contributed by atoms with Gasteiger partial charge in [0, 0.05) is 27.5 Å². The van der Waals surface area contributed by atoms with E-state index in [-0.39, 0.29) is 12.7 Å². The van der Waals surface area contributed by atoms with Crippen molar-refractivity contribution >= 4 is 10.0 Å². The summed E-state index contributed by atoms with van der Waals surface area (Å²) in [6, 6.07) is 0.295. The van der Waals surface area contributed by atoms with E-state index in [1.165, 1.54) is 7.11 Å². The minimum atomic E-state index is -3.16. The molecule has 0 aromatic heterocycles. The van der Waals surface area contributed by atoms with Crippen molar-refractivity contribution in [2.75, 3.05) is 26.9 Å². The molecule has 0 spiro atoms. The Bertz CT molecular complexity index is 139. The van der Waals surface area contributed by atoms with E-state index in [0.717, 1.165) is 0 Å². The number of hydrogen-bond donors (Lipinski definition) is 1. The smallest absolute Gasteiger partial charge is 0.103 e. The second-order valence-corrected chi connectivity index (χ2v) is 2.72. The molecule has 3 nitrogen and oxygen atoms in total. The fraction of sp³-hybridized carbons (Fsp3) is 1.00. The molecule has 1 N–H and O–H groups in total. The molecule has 0 heterocycles. The molecule has 1 unspecified atom stereocenters. The first-order chi connectivity index (χ1) is 6.49. The summed E-state index contributed by atoms with van der Waals surface area (Å²) in [5.74, 6) is 0. The molecule has 0 saturated heterocycles. The summed E-state index contributed by atoms with van der Waals surface area (Å²) in [5, 5.41) is 8.72. The third kappa shape index (κ3) is 6.49. The maximum atomic E-state index is 8.72. The van der Waals surface area contributed by atoms with Crippen LogP contribution in [0.4, 0.5) is 0 Å². The highest BCUT2D eigenvalue weighted by atomic mass is 28.1. The van der Waals surface area contributed by atoms with E-state index >= 15 is 0 Å². The average molecular weight is 184 g/mol. The van der Waals surface area contributed by atoms with Crippen LogP contribution in [-0.2, 0) is 9.47 Å². The highest BCUT2D eigenvalue weighted by Gasteiger charge is 2.03. The first-order valence-electron chi connectivity index (χ1n) is 5.21. The van der Waals surface area contributed by atoms with E-state index in [0.29, 0.717) is 25.7 Å². The normalized spacial score (nSPS) is 18.5. The van der Waals surface area contributed by atoms with E-state index in [1.54, 1.807) is 0 Å². The maximum absolute atomic E-state index is 8.72. The number of ether oxygens (including phenoxy) is 2. The van der Waals surface area contributed by atoms with E-state index < -0.39 is 10.0 Å². The van der Waals surface area contributed by atoms with Crippen LogP contribution in [0.3, 0.4) is 0 Å². The summed E-state index contributed by atoms with van der Waals surface area (Å²) in [4.78, 5) is 0. The summed E-state index contributed by atoms with van der Waals surface area (Å²) >= 11 is 0. The van der Waals surface area contributed by atoms with Crippen LogP contribution in [0.1, 0.15) is 6.42 Å². The molecule has 0 aromatic rings. The minimum Gasteiger partial charge on any atom is -0.394 e. The monoisotopic (exact) mass is 184 g/mol. The standard InChI is InChI=1S/C7H18O3Si/c1-9-7(5-8)6-10-3-2-4-11/h7-8H,2-6H2,1,11H3/i11T3. The Hall–Kier alpha value is 0.0969. The van der Waals surface area contributed by atoms with Gasteiger partial charge in [-0.2, -0.15) is 0 Å². The Balaban J connectivity index is 3.29.